The Labute approximate surface area is 795 Å². The zero-order valence-electron chi connectivity index (χ0n) is 76.9. The normalized spacial score (nSPS) is 18.4. The van der Waals surface area contributed by atoms with E-state index in [1.807, 2.05) is 45.0 Å². The summed E-state index contributed by atoms with van der Waals surface area (Å²) in [6, 6.07) is 23.5. The number of nitrogens with zero attached hydrogens (tertiary/aromatic N) is 8. The first kappa shape index (κ1) is 99.7. The second-order valence-corrected chi connectivity index (χ2v) is 37.0. The van der Waals surface area contributed by atoms with Gasteiger partial charge in [0.2, 0.25) is 11.8 Å². The van der Waals surface area contributed by atoms with Gasteiger partial charge in [-0.3, -0.25) is 67.1 Å². The van der Waals surface area contributed by atoms with E-state index in [-0.39, 0.29) is 118 Å². The number of carbonyl (C=O) groups is 14. The Hall–Kier alpha value is -14.8. The van der Waals surface area contributed by atoms with Gasteiger partial charge in [-0.05, 0) is 163 Å². The minimum Gasteiger partial charge on any atom is -0.357 e. The number of H-pyrrole nitrogens is 2. The summed E-state index contributed by atoms with van der Waals surface area (Å²) >= 11 is 6.16. The van der Waals surface area contributed by atoms with Crippen LogP contribution in [0.1, 0.15) is 220 Å². The number of hydrogen-bond donors (Lipinski definition) is 12. The number of fused-ring (bicyclic) bond motifs is 4. The van der Waals surface area contributed by atoms with Crippen LogP contribution in [0, 0.1) is 61.2 Å². The number of aryl methyl sites for hydroxylation is 4. The maximum atomic E-state index is 14.4. The maximum Gasteiger partial charge on any atom is 0.293 e. The summed E-state index contributed by atoms with van der Waals surface area (Å²) in [5.74, 6) is -22.1. The van der Waals surface area contributed by atoms with Gasteiger partial charge in [-0.25, -0.2) is 43.9 Å². The number of Topliss-reactive ketones (excluding diaryl/α,β-unsaturated/α-hetero) is 4. The molecule has 4 saturated carbocycles. The highest BCUT2D eigenvalue weighted by atomic mass is 35.5. The average molecular weight is 1970 g/mol. The van der Waals surface area contributed by atoms with E-state index in [9.17, 15) is 111 Å². The van der Waals surface area contributed by atoms with E-state index in [0.29, 0.717) is 88.1 Å². The van der Waals surface area contributed by atoms with Crippen LogP contribution in [0.4, 0.5) is 66.7 Å². The second-order valence-electron chi connectivity index (χ2n) is 36.6. The molecule has 4 fully saturated rings. The number of likely N-dealkylation sites (N-methyl/N-ethyl adjacent to an activating group) is 2. The number of benzene rings is 4. The number of aromatic amines is 2. The van der Waals surface area contributed by atoms with Crippen molar-refractivity contribution in [3.63, 3.8) is 0 Å². The zero-order valence-corrected chi connectivity index (χ0v) is 77.7. The summed E-state index contributed by atoms with van der Waals surface area (Å²) in [6.07, 6.45) is -4.50. The van der Waals surface area contributed by atoms with Gasteiger partial charge in [0, 0.05) is 129 Å². The van der Waals surface area contributed by atoms with Crippen molar-refractivity contribution < 1.29 is 111 Å². The molecular weight excluding hydrogens is 1870 g/mol. The van der Waals surface area contributed by atoms with Crippen LogP contribution in [0.25, 0.3) is 0 Å². The monoisotopic (exact) mass is 1960 g/mol. The lowest BCUT2D eigenvalue weighted by Gasteiger charge is -2.46. The fraction of sp³-hybridized carbons (Fsp3) is 0.389. The lowest BCUT2D eigenvalue weighted by molar-refractivity contribution is -0.164. The highest BCUT2D eigenvalue weighted by Crippen LogP contribution is 2.52. The molecule has 140 heavy (non-hydrogen) atoms. The van der Waals surface area contributed by atoms with Crippen LogP contribution in [-0.4, -0.2) is 193 Å². The van der Waals surface area contributed by atoms with Gasteiger partial charge in [0.25, 0.3) is 88.2 Å². The Morgan fingerprint density at radius 2 is 0.721 bits per heavy atom. The number of halogens is 11. The molecule has 4 aliphatic carbocycles. The molecule has 0 unspecified atom stereocenters. The third-order valence-electron chi connectivity index (χ3n) is 26.4. The fourth-order valence-corrected chi connectivity index (χ4v) is 19.6. The molecule has 8 aliphatic rings. The minimum atomic E-state index is -3.18. The Morgan fingerprint density at radius 3 is 1.06 bits per heavy atom. The summed E-state index contributed by atoms with van der Waals surface area (Å²) in [4.78, 5) is 181. The molecule has 736 valence electrons. The first-order valence-corrected chi connectivity index (χ1v) is 44.8. The van der Waals surface area contributed by atoms with Gasteiger partial charge in [0.05, 0.1) is 65.4 Å². The molecule has 18 rings (SSSR count). The molecular formula is C95H95ClF10N20O14. The third kappa shape index (κ3) is 19.4. The van der Waals surface area contributed by atoms with E-state index < -0.39 is 185 Å². The summed E-state index contributed by atoms with van der Waals surface area (Å²) in [5, 5.41) is 45.4. The van der Waals surface area contributed by atoms with Gasteiger partial charge in [-0.2, -0.15) is 30.8 Å². The Kier molecular flexibility index (Phi) is 27.0. The summed E-state index contributed by atoms with van der Waals surface area (Å²) in [5.41, 5.74) is 1.97. The lowest BCUT2D eigenvalue weighted by atomic mass is 9.71. The molecule has 6 aromatic heterocycles. The van der Waals surface area contributed by atoms with Gasteiger partial charge in [0.1, 0.15) is 69.6 Å². The first-order valence-electron chi connectivity index (χ1n) is 44.4. The van der Waals surface area contributed by atoms with E-state index in [0.717, 1.165) is 22.8 Å². The molecule has 45 heteroatoms. The van der Waals surface area contributed by atoms with Crippen molar-refractivity contribution in [1.29, 1.82) is 0 Å². The molecule has 10 amide bonds. The number of amides is 10. The Morgan fingerprint density at radius 1 is 0.400 bits per heavy atom. The van der Waals surface area contributed by atoms with Gasteiger partial charge in [-0.1, -0.05) is 59.1 Å². The molecule has 0 saturated heterocycles. The van der Waals surface area contributed by atoms with Gasteiger partial charge >= 0.3 is 0 Å². The van der Waals surface area contributed by atoms with Crippen molar-refractivity contribution in [2.24, 2.45) is 0 Å². The SMILES string of the molecule is CNC(=O)C1(NC(=O)C(=O)c2c(C)c(C(=O)Nc3ccc(C)c(F)c3)n3c2C[C@@H](F)C3)CC(F)(F)C1.CNC(=O)C1(NC(=O)C(=O)c2c(C)c(C(=O)Nc3ccc(C)cc3)n3c2CCC3)CC(F)(F)C1.Cc1ccc(NC(=O)c2c(C)c(C(=O)C(=O)NC3(c4cn[nH]n4)CC(F)(F)C3)c3n2C[C@H](F)C3)cc1.Cc1ccc(NC(=O)c2c(C)c(C(=O)C(=O)NC3(c4cn[nH]n4)CC3)c3n2C[C@@H](F)C3)cc1Cl. The van der Waals surface area contributed by atoms with Crippen LogP contribution >= 0.6 is 11.6 Å². The molecule has 0 bridgehead atoms. The Bertz CT molecular complexity index is 6780. The van der Waals surface area contributed by atoms with Gasteiger partial charge < -0.3 is 71.4 Å². The standard InChI is InChI=1S/C24H24F4N4O4.C24H23F3N6O3.C24H26F2N4O4.C23H22ClFN6O3/c1-11-4-5-14(7-15(11)26)30-20(34)18-12(2)17(16-6-13(25)8-32(16)18)19(33)21(35)31-23(22(36)29-3)9-24(27,28)10-23;1-12-3-5-15(6-4-12)29-21(35)19-13(2)18(16-7-14(25)9-33(16)19)20(34)22(36)30-23(10-24(26,27)11-23)17-8-28-32-31-17;1-13-6-8-15(9-7-13)28-20(32)18-14(2)17(16-5-4-10-30(16)18)19(31)21(33)29-23(22(34)27-3)11-24(25,26)12-23;1-11-3-4-14(8-15(11)24)27-21(33)19-12(2)18(16-7-13(25)10-31(16)19)20(32)22(34)28-23(5-6-23)17-9-26-30-29-17/h4-5,7,13H,6,8-10H2,1-3H3,(H,29,36)(H,30,34)(H,31,35);3-6,8,14H,7,9-11H2,1-2H3,(H,29,35)(H,30,36)(H,28,31,32);6-9H,4-5,10-12H2,1-3H3,(H,27,34)(H,28,32)(H,29,33);3-4,8-9,13H,5-7,10H2,1-2H3,(H,27,33)(H,28,34)(H,26,29,30)/t13-;14-;;13-/m11.0/s1. The highest BCUT2D eigenvalue weighted by Gasteiger charge is 2.64. The van der Waals surface area contributed by atoms with Crippen LogP contribution in [0.15, 0.2) is 97.3 Å². The molecule has 10 aromatic rings. The second kappa shape index (κ2) is 37.9. The number of nitrogens with one attached hydrogen (secondary N) is 12. The highest BCUT2D eigenvalue weighted by molar-refractivity contribution is 6.46. The van der Waals surface area contributed by atoms with Crippen LogP contribution in [0.5, 0.6) is 0 Å². The number of alkyl halides is 9. The smallest absolute Gasteiger partial charge is 0.293 e. The molecule has 12 N–H and O–H groups in total. The van der Waals surface area contributed by atoms with E-state index in [1.165, 1.54) is 66.2 Å². The zero-order chi connectivity index (χ0) is 101. The minimum absolute atomic E-state index is 0.0484. The van der Waals surface area contributed by atoms with Crippen molar-refractivity contribution in [2.75, 3.05) is 35.4 Å². The number of hydrogen-bond acceptors (Lipinski definition) is 18. The number of aromatic nitrogens is 10. The largest absolute Gasteiger partial charge is 0.357 e. The molecule has 0 radical (unpaired) electrons. The van der Waals surface area contributed by atoms with Crippen molar-refractivity contribution in [2.45, 2.75) is 223 Å². The van der Waals surface area contributed by atoms with Crippen LogP contribution in [0.2, 0.25) is 5.02 Å². The fourth-order valence-electron chi connectivity index (χ4n) is 19.5. The predicted octanol–water partition coefficient (Wildman–Crippen LogP) is 11.1. The third-order valence-corrected chi connectivity index (χ3v) is 26.8. The average Bonchev–Trinajstić information content (AvgIpc) is 1.15. The van der Waals surface area contributed by atoms with Crippen LogP contribution < -0.4 is 53.2 Å². The van der Waals surface area contributed by atoms with E-state index in [2.05, 4.69) is 84.0 Å². The predicted molar refractivity (Wildman–Crippen MR) is 484 cm³/mol. The van der Waals surface area contributed by atoms with E-state index in [1.54, 1.807) is 67.8 Å². The summed E-state index contributed by atoms with van der Waals surface area (Å²) in [6.45, 7) is 13.4. The summed E-state index contributed by atoms with van der Waals surface area (Å²) < 4.78 is 145. The summed E-state index contributed by atoms with van der Waals surface area (Å²) in [7, 11) is 2.49. The molecule has 0 spiro atoms. The van der Waals surface area contributed by atoms with Gasteiger partial charge in [-0.15, -0.1) is 0 Å². The maximum absolute atomic E-state index is 14.4. The number of ketones is 4. The van der Waals surface area contributed by atoms with Crippen molar-refractivity contribution in [3.05, 3.63) is 232 Å². The molecule has 10 heterocycles. The Balaban J connectivity index is 0.000000141. The van der Waals surface area contributed by atoms with E-state index >= 15 is 0 Å². The van der Waals surface area contributed by atoms with Crippen molar-refractivity contribution in [1.82, 2.24) is 81.0 Å². The number of rotatable bonds is 24. The molecule has 4 aliphatic heterocycles. The lowest BCUT2D eigenvalue weighted by Crippen LogP contribution is -2.69. The van der Waals surface area contributed by atoms with Crippen molar-refractivity contribution >= 4 is 117 Å². The first-order chi connectivity index (χ1) is 66.0. The van der Waals surface area contributed by atoms with Crippen LogP contribution in [-0.2, 0) is 91.7 Å². The quantitative estimate of drug-likeness (QED) is 0.0152. The molecule has 4 aromatic carbocycles. The van der Waals surface area contributed by atoms with Crippen LogP contribution in [0.3, 0.4) is 0 Å². The van der Waals surface area contributed by atoms with Gasteiger partial charge in [0.15, 0.2) is 0 Å². The van der Waals surface area contributed by atoms with E-state index in [4.69, 9.17) is 11.6 Å². The topological polar surface area (TPSA) is 462 Å². The molecule has 34 nitrogen and oxygen atoms in total. The molecule has 3 atom stereocenters. The number of carbonyl (C=O) groups excluding carboxylic acids is 14. The number of anilines is 4. The van der Waals surface area contributed by atoms with Crippen molar-refractivity contribution in [3.8, 4) is 0 Å².